The summed E-state index contributed by atoms with van der Waals surface area (Å²) in [6.45, 7) is 15.0. The van der Waals surface area contributed by atoms with E-state index in [1.165, 1.54) is 0 Å². The van der Waals surface area contributed by atoms with E-state index in [9.17, 15) is 14.4 Å². The quantitative estimate of drug-likeness (QED) is 0.240. The Morgan fingerprint density at radius 3 is 2.20 bits per heavy atom. The SMILES string of the molecule is CCC(C)(C)N(C(=O)C(CS)NC(=O)OC(C)(C)C)C(C(=O)Nc1ccc2ccccc2c1)c1cc(C)ccc1C. The van der Waals surface area contributed by atoms with Crippen molar-refractivity contribution < 1.29 is 19.1 Å². The summed E-state index contributed by atoms with van der Waals surface area (Å²) < 4.78 is 5.42. The normalized spacial score (nSPS) is 13.3. The van der Waals surface area contributed by atoms with E-state index in [2.05, 4.69) is 23.3 Å². The van der Waals surface area contributed by atoms with Crippen LogP contribution in [0.4, 0.5) is 10.5 Å². The molecule has 8 heteroatoms. The highest BCUT2D eigenvalue weighted by molar-refractivity contribution is 7.80. The fraction of sp³-hybridized carbons (Fsp3) is 0.424. The van der Waals surface area contributed by atoms with Gasteiger partial charge in [0.05, 0.1) is 0 Å². The number of anilines is 1. The average molecular weight is 578 g/mol. The van der Waals surface area contributed by atoms with Crippen LogP contribution in [0.25, 0.3) is 10.8 Å². The van der Waals surface area contributed by atoms with E-state index in [4.69, 9.17) is 4.74 Å². The van der Waals surface area contributed by atoms with Gasteiger partial charge in [0.15, 0.2) is 0 Å². The second kappa shape index (κ2) is 13.0. The highest BCUT2D eigenvalue weighted by Gasteiger charge is 2.43. The van der Waals surface area contributed by atoms with Gasteiger partial charge in [-0.1, -0.05) is 61.0 Å². The Morgan fingerprint density at radius 2 is 1.59 bits per heavy atom. The van der Waals surface area contributed by atoms with Crippen LogP contribution in [-0.2, 0) is 14.3 Å². The summed E-state index contributed by atoms with van der Waals surface area (Å²) >= 11 is 4.40. The second-order valence-electron chi connectivity index (χ2n) is 12.1. The first-order chi connectivity index (χ1) is 19.2. The van der Waals surface area contributed by atoms with Crippen LogP contribution in [0.1, 0.15) is 70.7 Å². The van der Waals surface area contributed by atoms with Crippen molar-refractivity contribution in [3.05, 3.63) is 77.4 Å². The minimum atomic E-state index is -1.01. The largest absolute Gasteiger partial charge is 0.444 e. The monoisotopic (exact) mass is 577 g/mol. The van der Waals surface area contributed by atoms with Crippen molar-refractivity contribution in [2.45, 2.75) is 85.0 Å². The molecular formula is C33H43N3O4S. The van der Waals surface area contributed by atoms with Gasteiger partial charge in [0, 0.05) is 17.0 Å². The minimum Gasteiger partial charge on any atom is -0.444 e. The molecule has 220 valence electrons. The van der Waals surface area contributed by atoms with Gasteiger partial charge in [-0.05, 0) is 88.9 Å². The van der Waals surface area contributed by atoms with E-state index in [0.717, 1.165) is 21.9 Å². The van der Waals surface area contributed by atoms with Crippen LogP contribution in [-0.4, -0.2) is 45.7 Å². The first-order valence-electron chi connectivity index (χ1n) is 14.0. The highest BCUT2D eigenvalue weighted by Crippen LogP contribution is 2.35. The van der Waals surface area contributed by atoms with Crippen molar-refractivity contribution in [3.63, 3.8) is 0 Å². The first kappa shape index (κ1) is 32.0. The van der Waals surface area contributed by atoms with Crippen molar-refractivity contribution in [1.29, 1.82) is 0 Å². The lowest BCUT2D eigenvalue weighted by molar-refractivity contribution is -0.147. The van der Waals surface area contributed by atoms with E-state index in [1.807, 2.05) is 95.3 Å². The van der Waals surface area contributed by atoms with Crippen LogP contribution in [0.15, 0.2) is 60.7 Å². The number of hydrogen-bond acceptors (Lipinski definition) is 5. The van der Waals surface area contributed by atoms with Crippen LogP contribution >= 0.6 is 12.6 Å². The second-order valence-corrected chi connectivity index (χ2v) is 12.4. The Bertz CT molecular complexity index is 1410. The van der Waals surface area contributed by atoms with Gasteiger partial charge in [-0.3, -0.25) is 9.59 Å². The van der Waals surface area contributed by atoms with Gasteiger partial charge in [0.25, 0.3) is 5.91 Å². The number of nitrogens with one attached hydrogen (secondary N) is 2. The topological polar surface area (TPSA) is 87.7 Å². The van der Waals surface area contributed by atoms with Gasteiger partial charge >= 0.3 is 6.09 Å². The molecule has 3 rings (SSSR count). The van der Waals surface area contributed by atoms with Gasteiger partial charge in [0.2, 0.25) is 5.91 Å². The summed E-state index contributed by atoms with van der Waals surface area (Å²) in [5.74, 6) is -0.739. The molecular weight excluding hydrogens is 534 g/mol. The predicted octanol–water partition coefficient (Wildman–Crippen LogP) is 6.98. The maximum absolute atomic E-state index is 14.4. The lowest BCUT2D eigenvalue weighted by Gasteiger charge is -2.45. The maximum Gasteiger partial charge on any atom is 0.408 e. The molecule has 0 radical (unpaired) electrons. The standard InChI is InChI=1S/C33H43N3O4S/c1-9-33(7,8)36(30(38)27(20-41)35-31(39)40-32(4,5)6)28(26-18-21(2)14-15-22(26)3)29(37)34-25-17-16-23-12-10-11-13-24(23)19-25/h10-19,27-28,41H,9,20H2,1-8H3,(H,34,37)(H,35,39). The smallest absolute Gasteiger partial charge is 0.408 e. The van der Waals surface area contributed by atoms with Crippen LogP contribution in [0, 0.1) is 13.8 Å². The van der Waals surface area contributed by atoms with Crippen molar-refractivity contribution in [3.8, 4) is 0 Å². The van der Waals surface area contributed by atoms with Crippen molar-refractivity contribution in [2.75, 3.05) is 11.1 Å². The third-order valence-corrected chi connectivity index (χ3v) is 7.54. The van der Waals surface area contributed by atoms with Crippen molar-refractivity contribution >= 4 is 47.0 Å². The number of alkyl carbamates (subject to hydrolysis) is 1. The Labute approximate surface area is 249 Å². The van der Waals surface area contributed by atoms with Gasteiger partial charge < -0.3 is 20.3 Å². The Kier molecular flexibility index (Phi) is 10.1. The molecule has 3 aromatic carbocycles. The van der Waals surface area contributed by atoms with Crippen LogP contribution in [0.5, 0.6) is 0 Å². The number of fused-ring (bicyclic) bond motifs is 1. The summed E-state index contributed by atoms with van der Waals surface area (Å²) in [4.78, 5) is 42.9. The molecule has 2 unspecified atom stereocenters. The number of thiol groups is 1. The van der Waals surface area contributed by atoms with E-state index in [0.29, 0.717) is 17.7 Å². The summed E-state index contributed by atoms with van der Waals surface area (Å²) in [6, 6.07) is 17.6. The number of ether oxygens (including phenoxy) is 1. The zero-order valence-electron chi connectivity index (χ0n) is 25.4. The fourth-order valence-electron chi connectivity index (χ4n) is 4.68. The number of carbonyl (C=O) groups is 3. The Hall–Kier alpha value is -3.52. The van der Waals surface area contributed by atoms with Crippen molar-refractivity contribution in [2.24, 2.45) is 0 Å². The molecule has 2 atom stereocenters. The van der Waals surface area contributed by atoms with Crippen LogP contribution in [0.3, 0.4) is 0 Å². The number of benzene rings is 3. The lowest BCUT2D eigenvalue weighted by atomic mass is 9.89. The Morgan fingerprint density at radius 1 is 0.927 bits per heavy atom. The molecule has 3 aromatic rings. The molecule has 0 heterocycles. The number of aryl methyl sites for hydroxylation is 2. The lowest BCUT2D eigenvalue weighted by Crippen LogP contribution is -2.59. The third-order valence-electron chi connectivity index (χ3n) is 7.18. The molecule has 0 saturated carbocycles. The van der Waals surface area contributed by atoms with Gasteiger partial charge in [-0.2, -0.15) is 12.6 Å². The zero-order valence-corrected chi connectivity index (χ0v) is 26.3. The molecule has 0 bridgehead atoms. The molecule has 0 aliphatic rings. The third kappa shape index (κ3) is 8.03. The van der Waals surface area contributed by atoms with E-state index < -0.39 is 35.2 Å². The molecule has 41 heavy (non-hydrogen) atoms. The molecule has 0 spiro atoms. The summed E-state index contributed by atoms with van der Waals surface area (Å²) in [7, 11) is 0. The maximum atomic E-state index is 14.4. The fourth-order valence-corrected chi connectivity index (χ4v) is 4.93. The van der Waals surface area contributed by atoms with E-state index in [-0.39, 0.29) is 11.7 Å². The molecule has 0 saturated heterocycles. The molecule has 0 fully saturated rings. The van der Waals surface area contributed by atoms with Gasteiger partial charge in [0.1, 0.15) is 17.7 Å². The predicted molar refractivity (Wildman–Crippen MR) is 169 cm³/mol. The molecule has 7 nitrogen and oxygen atoms in total. The van der Waals surface area contributed by atoms with Crippen LogP contribution < -0.4 is 10.6 Å². The van der Waals surface area contributed by atoms with Gasteiger partial charge in [-0.15, -0.1) is 0 Å². The summed E-state index contributed by atoms with van der Waals surface area (Å²) in [5.41, 5.74) is 1.69. The number of nitrogens with zero attached hydrogens (tertiary/aromatic N) is 1. The molecule has 0 aromatic heterocycles. The first-order valence-corrected chi connectivity index (χ1v) is 14.6. The van der Waals surface area contributed by atoms with Crippen LogP contribution in [0.2, 0.25) is 0 Å². The molecule has 0 aliphatic carbocycles. The summed E-state index contributed by atoms with van der Waals surface area (Å²) in [6.07, 6.45) is -0.155. The summed E-state index contributed by atoms with van der Waals surface area (Å²) in [5, 5.41) is 7.81. The van der Waals surface area contributed by atoms with Gasteiger partial charge in [-0.25, -0.2) is 4.79 Å². The van der Waals surface area contributed by atoms with E-state index in [1.54, 1.807) is 25.7 Å². The molecule has 2 N–H and O–H groups in total. The zero-order chi connectivity index (χ0) is 30.5. The number of rotatable bonds is 9. The van der Waals surface area contributed by atoms with E-state index >= 15 is 0 Å². The van der Waals surface area contributed by atoms with Crippen molar-refractivity contribution in [1.82, 2.24) is 10.2 Å². The highest BCUT2D eigenvalue weighted by atomic mass is 32.1. The molecule has 0 aliphatic heterocycles. The minimum absolute atomic E-state index is 0.0280. The Balaban J connectivity index is 2.11. The number of amides is 3. The number of carbonyl (C=O) groups excluding carboxylic acids is 3. The molecule has 3 amide bonds. The average Bonchev–Trinajstić information content (AvgIpc) is 2.90. The number of hydrogen-bond donors (Lipinski definition) is 3.